The van der Waals surface area contributed by atoms with Crippen molar-refractivity contribution in [3.8, 4) is 11.4 Å². The molecule has 6 nitrogen and oxygen atoms in total. The van der Waals surface area contributed by atoms with Crippen LogP contribution in [0, 0.1) is 5.82 Å². The van der Waals surface area contributed by atoms with Gasteiger partial charge in [-0.25, -0.2) is 9.07 Å². The van der Waals surface area contributed by atoms with Crippen molar-refractivity contribution in [3.63, 3.8) is 0 Å². The molecule has 20 heavy (non-hydrogen) atoms. The van der Waals surface area contributed by atoms with Crippen LogP contribution in [0.4, 0.5) is 10.1 Å². The molecule has 1 aromatic heterocycles. The second-order valence-electron chi connectivity index (χ2n) is 4.90. The van der Waals surface area contributed by atoms with Crippen molar-refractivity contribution in [2.45, 2.75) is 31.9 Å². The Balaban J connectivity index is 1.85. The summed E-state index contributed by atoms with van der Waals surface area (Å²) in [4.78, 5) is 0. The Morgan fingerprint density at radius 2 is 2.30 bits per heavy atom. The van der Waals surface area contributed by atoms with Crippen LogP contribution < -0.4 is 5.73 Å². The summed E-state index contributed by atoms with van der Waals surface area (Å²) in [6, 6.07) is 4.21. The number of tetrazole rings is 1. The molecule has 0 spiro atoms. The summed E-state index contributed by atoms with van der Waals surface area (Å²) >= 11 is 0. The SMILES string of the molecule is Nc1cc(F)ccc1-c1nnnn1CC1CCCCO1. The average molecular weight is 277 g/mol. The molecule has 3 rings (SSSR count). The van der Waals surface area contributed by atoms with Crippen LogP contribution in [-0.2, 0) is 11.3 Å². The van der Waals surface area contributed by atoms with Gasteiger partial charge in [0.25, 0.3) is 0 Å². The summed E-state index contributed by atoms with van der Waals surface area (Å²) in [5.74, 6) is 0.164. The third-order valence-corrected chi connectivity index (χ3v) is 3.44. The Kier molecular flexibility index (Phi) is 3.60. The second-order valence-corrected chi connectivity index (χ2v) is 4.90. The maximum absolute atomic E-state index is 13.1. The molecule has 0 aliphatic carbocycles. The van der Waals surface area contributed by atoms with Crippen LogP contribution in [0.15, 0.2) is 18.2 Å². The van der Waals surface area contributed by atoms with E-state index in [0.717, 1.165) is 25.9 Å². The summed E-state index contributed by atoms with van der Waals surface area (Å²) in [7, 11) is 0. The predicted molar refractivity (Wildman–Crippen MR) is 71.2 cm³/mol. The number of rotatable bonds is 3. The van der Waals surface area contributed by atoms with Crippen LogP contribution in [0.25, 0.3) is 11.4 Å². The number of aromatic nitrogens is 4. The van der Waals surface area contributed by atoms with Crippen molar-refractivity contribution in [2.24, 2.45) is 0 Å². The molecule has 0 saturated carbocycles. The fourth-order valence-electron chi connectivity index (χ4n) is 2.40. The van der Waals surface area contributed by atoms with E-state index in [0.29, 0.717) is 23.6 Å². The van der Waals surface area contributed by atoms with E-state index in [9.17, 15) is 4.39 Å². The molecule has 2 aromatic rings. The van der Waals surface area contributed by atoms with Crippen LogP contribution in [-0.4, -0.2) is 32.9 Å². The molecule has 1 saturated heterocycles. The molecule has 0 radical (unpaired) electrons. The minimum atomic E-state index is -0.374. The monoisotopic (exact) mass is 277 g/mol. The molecule has 1 aliphatic heterocycles. The van der Waals surface area contributed by atoms with Crippen LogP contribution in [0.3, 0.4) is 0 Å². The number of nitrogens with zero attached hydrogens (tertiary/aromatic N) is 4. The molecule has 1 fully saturated rings. The molecular formula is C13H16FN5O. The van der Waals surface area contributed by atoms with Gasteiger partial charge >= 0.3 is 0 Å². The zero-order valence-electron chi connectivity index (χ0n) is 11.0. The highest BCUT2D eigenvalue weighted by Crippen LogP contribution is 2.25. The van der Waals surface area contributed by atoms with E-state index in [2.05, 4.69) is 15.5 Å². The number of benzene rings is 1. The molecule has 1 unspecified atom stereocenters. The quantitative estimate of drug-likeness (QED) is 0.863. The fraction of sp³-hybridized carbons (Fsp3) is 0.462. The van der Waals surface area contributed by atoms with Crippen molar-refractivity contribution in [1.82, 2.24) is 20.2 Å². The number of hydrogen-bond donors (Lipinski definition) is 1. The molecular weight excluding hydrogens is 261 g/mol. The highest BCUT2D eigenvalue weighted by atomic mass is 19.1. The van der Waals surface area contributed by atoms with Gasteiger partial charge in [-0.3, -0.25) is 0 Å². The van der Waals surface area contributed by atoms with E-state index in [1.165, 1.54) is 12.1 Å². The van der Waals surface area contributed by atoms with Gasteiger partial charge in [0.05, 0.1) is 12.6 Å². The Bertz CT molecular complexity index is 594. The molecule has 2 heterocycles. The summed E-state index contributed by atoms with van der Waals surface area (Å²) in [6.07, 6.45) is 3.37. The van der Waals surface area contributed by atoms with E-state index in [1.54, 1.807) is 10.7 Å². The third kappa shape index (κ3) is 2.62. The van der Waals surface area contributed by atoms with Gasteiger partial charge in [0.15, 0.2) is 5.82 Å². The van der Waals surface area contributed by atoms with Gasteiger partial charge in [0.1, 0.15) is 5.82 Å². The lowest BCUT2D eigenvalue weighted by atomic mass is 10.1. The molecule has 7 heteroatoms. The predicted octanol–water partition coefficient (Wildman–Crippen LogP) is 1.63. The lowest BCUT2D eigenvalue weighted by Gasteiger charge is -2.22. The van der Waals surface area contributed by atoms with Gasteiger partial charge in [-0.05, 0) is 47.9 Å². The minimum absolute atomic E-state index is 0.118. The van der Waals surface area contributed by atoms with Crippen LogP contribution >= 0.6 is 0 Å². The van der Waals surface area contributed by atoms with Crippen molar-refractivity contribution in [2.75, 3.05) is 12.3 Å². The maximum atomic E-state index is 13.1. The highest BCUT2D eigenvalue weighted by molar-refractivity contribution is 5.71. The number of anilines is 1. The molecule has 0 bridgehead atoms. The zero-order valence-corrected chi connectivity index (χ0v) is 11.0. The maximum Gasteiger partial charge on any atom is 0.184 e. The first kappa shape index (κ1) is 13.0. The third-order valence-electron chi connectivity index (χ3n) is 3.44. The number of nitrogen functional groups attached to an aromatic ring is 1. The largest absolute Gasteiger partial charge is 0.398 e. The highest BCUT2D eigenvalue weighted by Gasteiger charge is 2.19. The summed E-state index contributed by atoms with van der Waals surface area (Å²) in [5.41, 5.74) is 6.79. The summed E-state index contributed by atoms with van der Waals surface area (Å²) in [5, 5.41) is 11.6. The lowest BCUT2D eigenvalue weighted by molar-refractivity contribution is 0.00397. The van der Waals surface area contributed by atoms with Gasteiger partial charge < -0.3 is 10.5 Å². The number of ether oxygens (including phenoxy) is 1. The first-order valence-electron chi connectivity index (χ1n) is 6.67. The first-order chi connectivity index (χ1) is 9.74. The Hall–Kier alpha value is -2.02. The van der Waals surface area contributed by atoms with Gasteiger partial charge in [-0.2, -0.15) is 0 Å². The van der Waals surface area contributed by atoms with Crippen molar-refractivity contribution < 1.29 is 9.13 Å². The van der Waals surface area contributed by atoms with E-state index in [1.807, 2.05) is 0 Å². The normalized spacial score (nSPS) is 19.1. The van der Waals surface area contributed by atoms with Gasteiger partial charge in [0.2, 0.25) is 0 Å². The lowest BCUT2D eigenvalue weighted by Crippen LogP contribution is -2.25. The van der Waals surface area contributed by atoms with Crippen LogP contribution in [0.2, 0.25) is 0 Å². The van der Waals surface area contributed by atoms with Crippen LogP contribution in [0.1, 0.15) is 19.3 Å². The molecule has 2 N–H and O–H groups in total. The second kappa shape index (κ2) is 5.54. The van der Waals surface area contributed by atoms with E-state index in [-0.39, 0.29) is 11.9 Å². The van der Waals surface area contributed by atoms with E-state index >= 15 is 0 Å². The minimum Gasteiger partial charge on any atom is -0.398 e. The topological polar surface area (TPSA) is 78.9 Å². The summed E-state index contributed by atoms with van der Waals surface area (Å²) < 4.78 is 20.5. The Morgan fingerprint density at radius 1 is 1.40 bits per heavy atom. The van der Waals surface area contributed by atoms with Crippen molar-refractivity contribution in [1.29, 1.82) is 0 Å². The fourth-order valence-corrected chi connectivity index (χ4v) is 2.40. The molecule has 1 atom stereocenters. The molecule has 1 aromatic carbocycles. The standard InChI is InChI=1S/C13H16FN5O/c14-9-4-5-11(12(15)7-9)13-16-17-18-19(13)8-10-3-1-2-6-20-10/h4-5,7,10H,1-3,6,8,15H2. The van der Waals surface area contributed by atoms with Gasteiger partial charge in [-0.1, -0.05) is 0 Å². The van der Waals surface area contributed by atoms with Crippen LogP contribution in [0.5, 0.6) is 0 Å². The summed E-state index contributed by atoms with van der Waals surface area (Å²) in [6.45, 7) is 1.36. The molecule has 0 amide bonds. The van der Waals surface area contributed by atoms with Crippen molar-refractivity contribution >= 4 is 5.69 Å². The van der Waals surface area contributed by atoms with Gasteiger partial charge in [-0.15, -0.1) is 5.10 Å². The first-order valence-corrected chi connectivity index (χ1v) is 6.67. The number of hydrogen-bond acceptors (Lipinski definition) is 5. The van der Waals surface area contributed by atoms with E-state index < -0.39 is 0 Å². The zero-order chi connectivity index (χ0) is 13.9. The Labute approximate surface area is 115 Å². The smallest absolute Gasteiger partial charge is 0.184 e. The Morgan fingerprint density at radius 3 is 3.05 bits per heavy atom. The van der Waals surface area contributed by atoms with Crippen molar-refractivity contribution in [3.05, 3.63) is 24.0 Å². The number of nitrogens with two attached hydrogens (primary N) is 1. The average Bonchev–Trinajstić information content (AvgIpc) is 2.88. The molecule has 1 aliphatic rings. The van der Waals surface area contributed by atoms with E-state index in [4.69, 9.17) is 10.5 Å². The van der Waals surface area contributed by atoms with Gasteiger partial charge in [0, 0.05) is 17.9 Å². The number of halogens is 1. The molecule has 106 valence electrons.